The van der Waals surface area contributed by atoms with Gasteiger partial charge in [0.25, 0.3) is 0 Å². The van der Waals surface area contributed by atoms with Crippen molar-refractivity contribution in [2.75, 3.05) is 6.61 Å². The van der Waals surface area contributed by atoms with Gasteiger partial charge in [-0.05, 0) is 31.4 Å². The van der Waals surface area contributed by atoms with E-state index in [9.17, 15) is 0 Å². The predicted octanol–water partition coefficient (Wildman–Crippen LogP) is 4.21. The van der Waals surface area contributed by atoms with Crippen molar-refractivity contribution in [1.29, 1.82) is 0 Å². The summed E-state index contributed by atoms with van der Waals surface area (Å²) in [6.07, 6.45) is 3.55. The van der Waals surface area contributed by atoms with Gasteiger partial charge in [-0.25, -0.2) is 0 Å². The molecule has 0 saturated heterocycles. The van der Waals surface area contributed by atoms with E-state index in [-0.39, 0.29) is 11.5 Å². The minimum atomic E-state index is -0.0172. The molecule has 0 heterocycles. The number of rotatable bonds is 5. The third-order valence-corrected chi connectivity index (χ3v) is 4.74. The molecule has 0 aliphatic heterocycles. The Labute approximate surface area is 126 Å². The lowest BCUT2D eigenvalue weighted by Crippen LogP contribution is -2.44. The van der Waals surface area contributed by atoms with Crippen LogP contribution in [-0.2, 0) is 5.41 Å². The molecule has 2 aromatic rings. The number of nitrogens with two attached hydrogens (primary N) is 1. The summed E-state index contributed by atoms with van der Waals surface area (Å²) in [5, 5.41) is 0. The molecule has 0 spiro atoms. The molecule has 1 atom stereocenters. The van der Waals surface area contributed by atoms with Crippen molar-refractivity contribution in [1.82, 2.24) is 0 Å². The Balaban J connectivity index is 1.99. The summed E-state index contributed by atoms with van der Waals surface area (Å²) >= 11 is 0. The highest BCUT2D eigenvalue weighted by atomic mass is 16.5. The van der Waals surface area contributed by atoms with Crippen LogP contribution in [0.2, 0.25) is 0 Å². The van der Waals surface area contributed by atoms with Crippen LogP contribution in [0.3, 0.4) is 0 Å². The minimum absolute atomic E-state index is 0.0172. The lowest BCUT2D eigenvalue weighted by molar-refractivity contribution is 0.192. The summed E-state index contributed by atoms with van der Waals surface area (Å²) in [6, 6.07) is 18.9. The largest absolute Gasteiger partial charge is 0.494 e. The van der Waals surface area contributed by atoms with Crippen molar-refractivity contribution in [2.24, 2.45) is 5.73 Å². The van der Waals surface area contributed by atoms with Gasteiger partial charge in [0.2, 0.25) is 0 Å². The van der Waals surface area contributed by atoms with Gasteiger partial charge in [0.15, 0.2) is 0 Å². The molecule has 1 aliphatic rings. The molecule has 2 N–H and O–H groups in total. The van der Waals surface area contributed by atoms with Crippen molar-refractivity contribution in [3.63, 3.8) is 0 Å². The average Bonchev–Trinajstić information content (AvgIpc) is 2.48. The van der Waals surface area contributed by atoms with Gasteiger partial charge in [-0.15, -0.1) is 0 Å². The molecule has 1 fully saturated rings. The molecule has 21 heavy (non-hydrogen) atoms. The molecule has 1 aliphatic carbocycles. The topological polar surface area (TPSA) is 35.2 Å². The molecule has 0 amide bonds. The van der Waals surface area contributed by atoms with Gasteiger partial charge in [-0.2, -0.15) is 0 Å². The second-order valence-corrected chi connectivity index (χ2v) is 5.82. The monoisotopic (exact) mass is 281 g/mol. The van der Waals surface area contributed by atoms with Gasteiger partial charge in [0.1, 0.15) is 5.75 Å². The van der Waals surface area contributed by atoms with Crippen LogP contribution in [0.1, 0.15) is 43.4 Å². The SMILES string of the molecule is CCOc1ccccc1C(N)C1(c2ccccc2)CCC1. The molecule has 110 valence electrons. The third kappa shape index (κ3) is 2.44. The van der Waals surface area contributed by atoms with Gasteiger partial charge in [-0.1, -0.05) is 55.0 Å². The van der Waals surface area contributed by atoms with Crippen LogP contribution in [0.4, 0.5) is 0 Å². The third-order valence-electron chi connectivity index (χ3n) is 4.74. The standard InChI is InChI=1S/C19H23NO/c1-2-21-17-12-7-6-11-16(17)18(20)19(13-8-14-19)15-9-4-3-5-10-15/h3-7,9-12,18H,2,8,13-14,20H2,1H3. The molecule has 0 radical (unpaired) electrons. The van der Waals surface area contributed by atoms with Crippen molar-refractivity contribution >= 4 is 0 Å². The smallest absolute Gasteiger partial charge is 0.124 e. The quantitative estimate of drug-likeness (QED) is 0.891. The number of ether oxygens (including phenoxy) is 1. The lowest BCUT2D eigenvalue weighted by Gasteiger charge is -2.47. The zero-order chi connectivity index (χ0) is 14.7. The van der Waals surface area contributed by atoms with Crippen molar-refractivity contribution in [3.8, 4) is 5.75 Å². The summed E-state index contributed by atoms with van der Waals surface area (Å²) in [5.41, 5.74) is 9.27. The summed E-state index contributed by atoms with van der Waals surface area (Å²) in [6.45, 7) is 2.68. The Morgan fingerprint density at radius 1 is 1.05 bits per heavy atom. The fourth-order valence-corrected chi connectivity index (χ4v) is 3.43. The van der Waals surface area contributed by atoms with Crippen LogP contribution in [-0.4, -0.2) is 6.61 Å². The van der Waals surface area contributed by atoms with E-state index in [2.05, 4.69) is 42.5 Å². The Morgan fingerprint density at radius 2 is 1.71 bits per heavy atom. The molecule has 1 saturated carbocycles. The highest BCUT2D eigenvalue weighted by Crippen LogP contribution is 2.52. The summed E-state index contributed by atoms with van der Waals surface area (Å²) in [4.78, 5) is 0. The van der Waals surface area contributed by atoms with Crippen LogP contribution < -0.4 is 10.5 Å². The Hall–Kier alpha value is -1.80. The maximum absolute atomic E-state index is 6.72. The second kappa shape index (κ2) is 5.90. The van der Waals surface area contributed by atoms with Gasteiger partial charge in [0.05, 0.1) is 6.61 Å². The van der Waals surface area contributed by atoms with E-state index in [4.69, 9.17) is 10.5 Å². The van der Waals surface area contributed by atoms with E-state index in [1.54, 1.807) is 0 Å². The normalized spacial score (nSPS) is 17.8. The van der Waals surface area contributed by atoms with Gasteiger partial charge in [-0.3, -0.25) is 0 Å². The van der Waals surface area contributed by atoms with Crippen LogP contribution in [0.5, 0.6) is 5.75 Å². The molecule has 1 unspecified atom stereocenters. The number of para-hydroxylation sites is 1. The van der Waals surface area contributed by atoms with Crippen LogP contribution in [0, 0.1) is 0 Å². The van der Waals surface area contributed by atoms with Crippen molar-refractivity contribution in [2.45, 2.75) is 37.6 Å². The molecule has 0 bridgehead atoms. The Kier molecular flexibility index (Phi) is 3.98. The summed E-state index contributed by atoms with van der Waals surface area (Å²) < 4.78 is 5.78. The highest BCUT2D eigenvalue weighted by Gasteiger charge is 2.45. The van der Waals surface area contributed by atoms with Gasteiger partial charge < -0.3 is 10.5 Å². The summed E-state index contributed by atoms with van der Waals surface area (Å²) in [7, 11) is 0. The first-order chi connectivity index (χ1) is 10.3. The zero-order valence-electron chi connectivity index (χ0n) is 12.6. The Bertz CT molecular complexity index is 590. The maximum atomic E-state index is 6.72. The first-order valence-corrected chi connectivity index (χ1v) is 7.81. The number of hydrogen-bond acceptors (Lipinski definition) is 2. The molecule has 3 rings (SSSR count). The highest BCUT2D eigenvalue weighted by molar-refractivity contribution is 5.42. The van der Waals surface area contributed by atoms with Crippen molar-refractivity contribution < 1.29 is 4.74 Å². The fourth-order valence-electron chi connectivity index (χ4n) is 3.43. The molecular weight excluding hydrogens is 258 g/mol. The van der Waals surface area contributed by atoms with Crippen LogP contribution in [0.25, 0.3) is 0 Å². The molecule has 2 aromatic carbocycles. The van der Waals surface area contributed by atoms with Crippen molar-refractivity contribution in [3.05, 3.63) is 65.7 Å². The van der Waals surface area contributed by atoms with Gasteiger partial charge >= 0.3 is 0 Å². The van der Waals surface area contributed by atoms with E-state index < -0.39 is 0 Å². The molecular formula is C19H23NO. The minimum Gasteiger partial charge on any atom is -0.494 e. The molecule has 2 heteroatoms. The number of benzene rings is 2. The number of hydrogen-bond donors (Lipinski definition) is 1. The van der Waals surface area contributed by atoms with E-state index >= 15 is 0 Å². The molecule has 2 nitrogen and oxygen atoms in total. The Morgan fingerprint density at radius 3 is 2.33 bits per heavy atom. The lowest BCUT2D eigenvalue weighted by atomic mass is 9.59. The van der Waals surface area contributed by atoms with E-state index in [0.29, 0.717) is 6.61 Å². The van der Waals surface area contributed by atoms with Crippen LogP contribution in [0.15, 0.2) is 54.6 Å². The van der Waals surface area contributed by atoms with Gasteiger partial charge in [0, 0.05) is 17.0 Å². The zero-order valence-corrected chi connectivity index (χ0v) is 12.6. The average molecular weight is 281 g/mol. The van der Waals surface area contributed by atoms with E-state index in [1.165, 1.54) is 12.0 Å². The molecule has 0 aromatic heterocycles. The van der Waals surface area contributed by atoms with E-state index in [0.717, 1.165) is 24.2 Å². The first-order valence-electron chi connectivity index (χ1n) is 7.81. The first kappa shape index (κ1) is 14.2. The van der Waals surface area contributed by atoms with Crippen LogP contribution >= 0.6 is 0 Å². The predicted molar refractivity (Wildman–Crippen MR) is 86.5 cm³/mol. The summed E-state index contributed by atoms with van der Waals surface area (Å²) in [5.74, 6) is 0.926. The van der Waals surface area contributed by atoms with E-state index in [1.807, 2.05) is 19.1 Å². The second-order valence-electron chi connectivity index (χ2n) is 5.82. The fraction of sp³-hybridized carbons (Fsp3) is 0.368. The maximum Gasteiger partial charge on any atom is 0.124 e.